The summed E-state index contributed by atoms with van der Waals surface area (Å²) in [7, 11) is 0. The molecule has 0 N–H and O–H groups in total. The van der Waals surface area contributed by atoms with Gasteiger partial charge in [-0.25, -0.2) is 0 Å². The molecule has 1 radical (unpaired) electrons. The van der Waals surface area contributed by atoms with E-state index in [0.717, 1.165) is 0 Å². The molecule has 0 atom stereocenters. The minimum atomic E-state index is 1.21. The first-order valence-corrected chi connectivity index (χ1v) is 8.01. The van der Waals surface area contributed by atoms with E-state index in [9.17, 15) is 0 Å². The zero-order valence-electron chi connectivity index (χ0n) is 12.5. The molecule has 0 heterocycles. The third kappa shape index (κ3) is 15.5. The first-order chi connectivity index (χ1) is 8.91. The Morgan fingerprint density at radius 3 is 1.56 bits per heavy atom. The smallest absolute Gasteiger partial charge is 0.0316 e. The van der Waals surface area contributed by atoms with Crippen molar-refractivity contribution < 1.29 is 0 Å². The summed E-state index contributed by atoms with van der Waals surface area (Å²) in [5.41, 5.74) is 0. The molecule has 0 saturated carbocycles. The average Bonchev–Trinajstić information content (AvgIpc) is 2.39. The summed E-state index contributed by atoms with van der Waals surface area (Å²) in [6.07, 6.45) is 25.0. The predicted octanol–water partition coefficient (Wildman–Crippen LogP) is 6.63. The van der Waals surface area contributed by atoms with Crippen molar-refractivity contribution in [1.29, 1.82) is 0 Å². The highest BCUT2D eigenvalue weighted by molar-refractivity contribution is 4.83. The van der Waals surface area contributed by atoms with Crippen LogP contribution in [0.4, 0.5) is 0 Å². The van der Waals surface area contributed by atoms with E-state index >= 15 is 0 Å². The molecular weight excluding hydrogens is 216 g/mol. The van der Waals surface area contributed by atoms with Crippen molar-refractivity contribution in [1.82, 2.24) is 0 Å². The van der Waals surface area contributed by atoms with Crippen LogP contribution in [0.3, 0.4) is 0 Å². The van der Waals surface area contributed by atoms with Crippen LogP contribution in [0.1, 0.15) is 84.0 Å². The molecule has 0 bridgehead atoms. The third-order valence-corrected chi connectivity index (χ3v) is 3.30. The maximum Gasteiger partial charge on any atom is -0.0316 e. The van der Waals surface area contributed by atoms with Crippen molar-refractivity contribution in [2.45, 2.75) is 84.0 Å². The molecule has 0 unspecified atom stereocenters. The molecular formula is C18H33. The maximum absolute atomic E-state index is 3.70. The van der Waals surface area contributed by atoms with Crippen molar-refractivity contribution in [2.75, 3.05) is 0 Å². The van der Waals surface area contributed by atoms with Crippen LogP contribution in [0.5, 0.6) is 0 Å². The van der Waals surface area contributed by atoms with Gasteiger partial charge in [-0.05, 0) is 39.0 Å². The number of unbranched alkanes of at least 4 members (excludes halogenated alkanes) is 10. The summed E-state index contributed by atoms with van der Waals surface area (Å²) in [5.74, 6) is 0. The standard InChI is InChI=1S/C18H33/c1-3-5-7-9-11-13-15-17-18-16-14-12-10-8-6-4-2/h3,5,10,12H,1,4,6-9,11,13-18H2,2H3/b5-3-,12-10-. The molecule has 0 nitrogen and oxygen atoms in total. The van der Waals surface area contributed by atoms with Gasteiger partial charge in [0, 0.05) is 0 Å². The topological polar surface area (TPSA) is 0 Å². The van der Waals surface area contributed by atoms with Crippen LogP contribution in [0.15, 0.2) is 24.3 Å². The fraction of sp³-hybridized carbons (Fsp3) is 0.722. The summed E-state index contributed by atoms with van der Waals surface area (Å²) >= 11 is 0. The maximum atomic E-state index is 3.70. The molecule has 18 heavy (non-hydrogen) atoms. The Kier molecular flexibility index (Phi) is 16.0. The molecule has 105 valence electrons. The van der Waals surface area contributed by atoms with E-state index in [0.29, 0.717) is 0 Å². The summed E-state index contributed by atoms with van der Waals surface area (Å²) < 4.78 is 0. The second kappa shape index (κ2) is 16.5. The van der Waals surface area contributed by atoms with Crippen LogP contribution >= 0.6 is 0 Å². The third-order valence-electron chi connectivity index (χ3n) is 3.30. The van der Waals surface area contributed by atoms with Gasteiger partial charge in [-0.15, -0.1) is 0 Å². The zero-order valence-corrected chi connectivity index (χ0v) is 12.5. The van der Waals surface area contributed by atoms with E-state index in [1.807, 2.05) is 6.08 Å². The number of rotatable bonds is 13. The summed E-state index contributed by atoms with van der Waals surface area (Å²) in [6, 6.07) is 0. The monoisotopic (exact) mass is 249 g/mol. The van der Waals surface area contributed by atoms with Crippen LogP contribution in [-0.2, 0) is 0 Å². The van der Waals surface area contributed by atoms with Gasteiger partial charge in [-0.1, -0.05) is 76.2 Å². The zero-order chi connectivity index (χ0) is 13.3. The fourth-order valence-corrected chi connectivity index (χ4v) is 2.08. The molecule has 0 aliphatic rings. The lowest BCUT2D eigenvalue weighted by Gasteiger charge is -2.00. The Hall–Kier alpha value is -0.520. The Labute approximate surface area is 116 Å². The van der Waals surface area contributed by atoms with Crippen molar-refractivity contribution >= 4 is 0 Å². The molecule has 0 rings (SSSR count). The van der Waals surface area contributed by atoms with E-state index in [4.69, 9.17) is 0 Å². The van der Waals surface area contributed by atoms with Gasteiger partial charge in [-0.2, -0.15) is 0 Å². The average molecular weight is 249 g/mol. The second-order valence-electron chi connectivity index (χ2n) is 5.14. The van der Waals surface area contributed by atoms with Crippen molar-refractivity contribution in [2.24, 2.45) is 0 Å². The van der Waals surface area contributed by atoms with Crippen LogP contribution in [0, 0.1) is 6.92 Å². The van der Waals surface area contributed by atoms with E-state index in [1.54, 1.807) is 0 Å². The first-order valence-electron chi connectivity index (χ1n) is 8.01. The molecule has 0 aliphatic heterocycles. The Morgan fingerprint density at radius 2 is 1.06 bits per heavy atom. The van der Waals surface area contributed by atoms with Crippen molar-refractivity contribution in [3.05, 3.63) is 31.2 Å². The Morgan fingerprint density at radius 1 is 0.611 bits per heavy atom. The van der Waals surface area contributed by atoms with Crippen molar-refractivity contribution in [3.63, 3.8) is 0 Å². The Balaban J connectivity index is 3.00. The highest BCUT2D eigenvalue weighted by Gasteiger charge is 1.90. The lowest BCUT2D eigenvalue weighted by atomic mass is 10.1. The van der Waals surface area contributed by atoms with Gasteiger partial charge in [0.2, 0.25) is 0 Å². The van der Waals surface area contributed by atoms with E-state index in [-0.39, 0.29) is 0 Å². The van der Waals surface area contributed by atoms with Gasteiger partial charge in [0.05, 0.1) is 0 Å². The molecule has 0 spiro atoms. The first kappa shape index (κ1) is 17.5. The van der Waals surface area contributed by atoms with Crippen molar-refractivity contribution in [3.8, 4) is 0 Å². The molecule has 0 amide bonds. The summed E-state index contributed by atoms with van der Waals surface area (Å²) in [6.45, 7) is 5.95. The second-order valence-corrected chi connectivity index (χ2v) is 5.14. The normalized spacial score (nSPS) is 11.9. The molecule has 0 heteroatoms. The lowest BCUT2D eigenvalue weighted by Crippen LogP contribution is -1.80. The Bertz CT molecular complexity index is 188. The van der Waals surface area contributed by atoms with Gasteiger partial charge < -0.3 is 0 Å². The molecule has 0 fully saturated rings. The van der Waals surface area contributed by atoms with Gasteiger partial charge in [0.15, 0.2) is 0 Å². The lowest BCUT2D eigenvalue weighted by molar-refractivity contribution is 0.583. The van der Waals surface area contributed by atoms with Gasteiger partial charge in [0.25, 0.3) is 0 Å². The van der Waals surface area contributed by atoms with Crippen LogP contribution in [0.25, 0.3) is 0 Å². The molecule has 0 aliphatic carbocycles. The van der Waals surface area contributed by atoms with E-state index < -0.39 is 0 Å². The molecule has 0 aromatic carbocycles. The number of allylic oxidation sites excluding steroid dienone is 4. The summed E-state index contributed by atoms with van der Waals surface area (Å²) in [5, 5.41) is 0. The predicted molar refractivity (Wildman–Crippen MR) is 84.7 cm³/mol. The van der Waals surface area contributed by atoms with E-state index in [1.165, 1.54) is 77.0 Å². The minimum absolute atomic E-state index is 1.21. The SMILES string of the molecule is [CH2]/C=C\CCCCCCCCC/C=C\CCCC. The van der Waals surface area contributed by atoms with Crippen LogP contribution < -0.4 is 0 Å². The van der Waals surface area contributed by atoms with Crippen LogP contribution in [0.2, 0.25) is 0 Å². The van der Waals surface area contributed by atoms with Gasteiger partial charge >= 0.3 is 0 Å². The highest BCUT2D eigenvalue weighted by Crippen LogP contribution is 2.10. The van der Waals surface area contributed by atoms with Gasteiger partial charge in [0.1, 0.15) is 0 Å². The van der Waals surface area contributed by atoms with Crippen LogP contribution in [-0.4, -0.2) is 0 Å². The van der Waals surface area contributed by atoms with Gasteiger partial charge in [-0.3, -0.25) is 0 Å². The minimum Gasteiger partial charge on any atom is -0.0885 e. The number of hydrogen-bond donors (Lipinski definition) is 0. The highest BCUT2D eigenvalue weighted by atomic mass is 14.0. The largest absolute Gasteiger partial charge is 0.0885 e. The fourth-order valence-electron chi connectivity index (χ4n) is 2.08. The quantitative estimate of drug-likeness (QED) is 0.254. The molecule has 0 aromatic heterocycles. The number of hydrogen-bond acceptors (Lipinski definition) is 0. The molecule has 0 aromatic rings. The van der Waals surface area contributed by atoms with E-state index in [2.05, 4.69) is 32.1 Å². The molecule has 0 saturated heterocycles. The summed E-state index contributed by atoms with van der Waals surface area (Å²) in [4.78, 5) is 0.